The van der Waals surface area contributed by atoms with Gasteiger partial charge < -0.3 is 4.84 Å². The van der Waals surface area contributed by atoms with Crippen molar-refractivity contribution >= 4 is 17.5 Å². The number of benzene rings is 3. The normalized spacial score (nSPS) is 12.0. The predicted molar refractivity (Wildman–Crippen MR) is 110 cm³/mol. The molecule has 3 heteroatoms. The minimum atomic E-state index is -0.346. The molecule has 2 nitrogen and oxygen atoms in total. The Morgan fingerprint density at radius 2 is 1.35 bits per heavy atom. The van der Waals surface area contributed by atoms with Gasteiger partial charge in [0, 0.05) is 20.9 Å². The molecule has 0 atom stereocenters. The summed E-state index contributed by atoms with van der Waals surface area (Å²) in [6.45, 7) is 6.01. The van der Waals surface area contributed by atoms with E-state index in [4.69, 9.17) is 4.84 Å². The fraction of sp³-hybridized carbons (Fsp3) is 0.174. The van der Waals surface area contributed by atoms with Gasteiger partial charge >= 0.3 is 0 Å². The monoisotopic (exact) mass is 361 g/mol. The number of nitrogens with zero attached hydrogens (tertiary/aromatic N) is 1. The van der Waals surface area contributed by atoms with Gasteiger partial charge in [-0.05, 0) is 39.0 Å². The van der Waals surface area contributed by atoms with Gasteiger partial charge in [0.05, 0.1) is 0 Å². The second kappa shape index (κ2) is 8.24. The Labute approximate surface area is 159 Å². The van der Waals surface area contributed by atoms with Gasteiger partial charge in [0.15, 0.2) is 0 Å². The molecule has 26 heavy (non-hydrogen) atoms. The molecule has 0 N–H and O–H groups in total. The van der Waals surface area contributed by atoms with Gasteiger partial charge in [0.2, 0.25) is 0 Å². The van der Waals surface area contributed by atoms with Crippen LogP contribution in [0.1, 0.15) is 31.9 Å². The molecule has 0 aliphatic rings. The average molecular weight is 362 g/mol. The largest absolute Gasteiger partial charge is 0.390 e. The molecule has 0 aliphatic carbocycles. The van der Waals surface area contributed by atoms with Crippen LogP contribution in [0, 0.1) is 0 Å². The van der Waals surface area contributed by atoms with Gasteiger partial charge in [-0.2, -0.15) is 0 Å². The molecule has 0 heterocycles. The number of hydrogen-bond acceptors (Lipinski definition) is 3. The third-order valence-corrected chi connectivity index (χ3v) is 4.65. The number of oxime groups is 1. The smallest absolute Gasteiger partial charge is 0.129 e. The van der Waals surface area contributed by atoms with Gasteiger partial charge in [0.25, 0.3) is 0 Å². The Morgan fingerprint density at radius 3 is 2.00 bits per heavy atom. The van der Waals surface area contributed by atoms with Crippen molar-refractivity contribution in [3.63, 3.8) is 0 Å². The zero-order valence-corrected chi connectivity index (χ0v) is 16.2. The molecule has 3 aromatic rings. The van der Waals surface area contributed by atoms with E-state index in [1.54, 1.807) is 11.8 Å². The second-order valence-corrected chi connectivity index (χ2v) is 8.04. The third-order valence-electron chi connectivity index (χ3n) is 3.57. The van der Waals surface area contributed by atoms with Crippen LogP contribution in [0.4, 0.5) is 0 Å². The molecule has 0 radical (unpaired) electrons. The Balaban J connectivity index is 2.04. The fourth-order valence-electron chi connectivity index (χ4n) is 2.40. The van der Waals surface area contributed by atoms with Crippen molar-refractivity contribution in [1.29, 1.82) is 0 Å². The summed E-state index contributed by atoms with van der Waals surface area (Å²) in [7, 11) is 0. The van der Waals surface area contributed by atoms with E-state index >= 15 is 0 Å². The van der Waals surface area contributed by atoms with E-state index in [1.807, 2.05) is 51.1 Å². The Hall–Kier alpha value is -2.52. The molecule has 0 amide bonds. The minimum Gasteiger partial charge on any atom is -0.390 e. The molecule has 3 aromatic carbocycles. The molecule has 0 bridgehead atoms. The SMILES string of the molecule is CC(C)(C)O/N=C(/c1ccccc1)c1ccccc1Sc1ccccc1. The summed E-state index contributed by atoms with van der Waals surface area (Å²) in [5, 5.41) is 4.54. The van der Waals surface area contributed by atoms with Crippen LogP contribution in [0.3, 0.4) is 0 Å². The van der Waals surface area contributed by atoms with E-state index in [1.165, 1.54) is 4.90 Å². The first-order chi connectivity index (χ1) is 12.5. The van der Waals surface area contributed by atoms with Crippen molar-refractivity contribution in [2.75, 3.05) is 0 Å². The molecule has 0 saturated carbocycles. The van der Waals surface area contributed by atoms with Gasteiger partial charge in [0.1, 0.15) is 11.3 Å². The lowest BCUT2D eigenvalue weighted by Gasteiger charge is -2.18. The molecule has 0 saturated heterocycles. The summed E-state index contributed by atoms with van der Waals surface area (Å²) >= 11 is 1.73. The van der Waals surface area contributed by atoms with Gasteiger partial charge in [-0.25, -0.2) is 0 Å². The maximum absolute atomic E-state index is 5.78. The van der Waals surface area contributed by atoms with E-state index in [2.05, 4.69) is 59.8 Å². The summed E-state index contributed by atoms with van der Waals surface area (Å²) in [5.74, 6) is 0. The standard InChI is InChI=1S/C23H23NOS/c1-23(2,3)25-24-22(18-12-6-4-7-13-18)20-16-10-11-17-21(20)26-19-14-8-5-9-15-19/h4-17H,1-3H3/b24-22-. The zero-order valence-electron chi connectivity index (χ0n) is 15.3. The summed E-state index contributed by atoms with van der Waals surface area (Å²) < 4.78 is 0. The molecule has 0 unspecified atom stereocenters. The first-order valence-electron chi connectivity index (χ1n) is 8.67. The minimum absolute atomic E-state index is 0.346. The first kappa shape index (κ1) is 18.3. The summed E-state index contributed by atoms with van der Waals surface area (Å²) in [6, 6.07) is 28.9. The van der Waals surface area contributed by atoms with Gasteiger partial charge in [-0.1, -0.05) is 83.6 Å². The van der Waals surface area contributed by atoms with Crippen molar-refractivity contribution in [3.05, 3.63) is 96.1 Å². The van der Waals surface area contributed by atoms with Crippen LogP contribution in [0.15, 0.2) is 99.9 Å². The zero-order chi connectivity index (χ0) is 18.4. The molecule has 0 fully saturated rings. The molecule has 3 rings (SSSR count). The topological polar surface area (TPSA) is 21.6 Å². The molecule has 0 aromatic heterocycles. The first-order valence-corrected chi connectivity index (χ1v) is 9.48. The van der Waals surface area contributed by atoms with Crippen molar-refractivity contribution in [2.24, 2.45) is 5.16 Å². The molecule has 0 aliphatic heterocycles. The highest BCUT2D eigenvalue weighted by Gasteiger charge is 2.16. The van der Waals surface area contributed by atoms with Crippen LogP contribution in [-0.4, -0.2) is 11.3 Å². The molecule has 0 spiro atoms. The van der Waals surface area contributed by atoms with Crippen LogP contribution in [0.2, 0.25) is 0 Å². The van der Waals surface area contributed by atoms with Crippen molar-refractivity contribution < 1.29 is 4.84 Å². The summed E-state index contributed by atoms with van der Waals surface area (Å²) in [6.07, 6.45) is 0. The quantitative estimate of drug-likeness (QED) is 0.387. The lowest BCUT2D eigenvalue weighted by atomic mass is 10.0. The predicted octanol–water partition coefficient (Wildman–Crippen LogP) is 6.41. The van der Waals surface area contributed by atoms with Gasteiger partial charge in [-0.15, -0.1) is 0 Å². The number of rotatable bonds is 5. The highest BCUT2D eigenvalue weighted by Crippen LogP contribution is 2.32. The maximum atomic E-state index is 5.78. The van der Waals surface area contributed by atoms with Crippen molar-refractivity contribution in [3.8, 4) is 0 Å². The van der Waals surface area contributed by atoms with E-state index in [0.29, 0.717) is 0 Å². The maximum Gasteiger partial charge on any atom is 0.129 e. The van der Waals surface area contributed by atoms with Crippen LogP contribution in [-0.2, 0) is 4.84 Å². The Morgan fingerprint density at radius 1 is 0.769 bits per heavy atom. The molecular weight excluding hydrogens is 338 g/mol. The Kier molecular flexibility index (Phi) is 5.79. The van der Waals surface area contributed by atoms with Gasteiger partial charge in [-0.3, -0.25) is 0 Å². The lowest BCUT2D eigenvalue weighted by molar-refractivity contribution is 0.00115. The molecular formula is C23H23NOS. The average Bonchev–Trinajstić information content (AvgIpc) is 2.64. The highest BCUT2D eigenvalue weighted by atomic mass is 32.2. The second-order valence-electron chi connectivity index (χ2n) is 6.92. The lowest BCUT2D eigenvalue weighted by Crippen LogP contribution is -2.18. The molecule has 132 valence electrons. The Bertz CT molecular complexity index is 867. The fourth-order valence-corrected chi connectivity index (χ4v) is 3.37. The number of hydrogen-bond donors (Lipinski definition) is 0. The van der Waals surface area contributed by atoms with Crippen LogP contribution >= 0.6 is 11.8 Å². The van der Waals surface area contributed by atoms with Crippen LogP contribution in [0.5, 0.6) is 0 Å². The van der Waals surface area contributed by atoms with E-state index < -0.39 is 0 Å². The van der Waals surface area contributed by atoms with E-state index in [0.717, 1.165) is 21.7 Å². The van der Waals surface area contributed by atoms with E-state index in [9.17, 15) is 0 Å². The summed E-state index contributed by atoms with van der Waals surface area (Å²) in [5.41, 5.74) is 2.61. The van der Waals surface area contributed by atoms with Crippen molar-refractivity contribution in [1.82, 2.24) is 0 Å². The van der Waals surface area contributed by atoms with Crippen molar-refractivity contribution in [2.45, 2.75) is 36.2 Å². The van der Waals surface area contributed by atoms with E-state index in [-0.39, 0.29) is 5.60 Å². The van der Waals surface area contributed by atoms with Crippen LogP contribution < -0.4 is 0 Å². The highest BCUT2D eigenvalue weighted by molar-refractivity contribution is 7.99. The summed E-state index contributed by atoms with van der Waals surface area (Å²) in [4.78, 5) is 8.13. The third kappa shape index (κ3) is 4.99. The van der Waals surface area contributed by atoms with Crippen LogP contribution in [0.25, 0.3) is 0 Å².